The van der Waals surface area contributed by atoms with Crippen LogP contribution >= 0.6 is 0 Å². The molecule has 0 aliphatic rings. The van der Waals surface area contributed by atoms with Crippen molar-refractivity contribution in [1.29, 1.82) is 0 Å². The van der Waals surface area contributed by atoms with Crippen molar-refractivity contribution in [2.24, 2.45) is 0 Å². The molecule has 0 saturated heterocycles. The summed E-state index contributed by atoms with van der Waals surface area (Å²) < 4.78 is 0. The van der Waals surface area contributed by atoms with Crippen molar-refractivity contribution in [2.75, 3.05) is 0 Å². The summed E-state index contributed by atoms with van der Waals surface area (Å²) in [4.78, 5) is 14.2. The Kier molecular flexibility index (Phi) is 10.3. The molecule has 3 nitrogen and oxygen atoms in total. The summed E-state index contributed by atoms with van der Waals surface area (Å²) in [5.74, 6) is 2.02. The van der Waals surface area contributed by atoms with Gasteiger partial charge in [-0.1, -0.05) is 81.2 Å². The molecule has 1 aromatic rings. The van der Waals surface area contributed by atoms with E-state index in [0.717, 1.165) is 29.6 Å². The maximum absolute atomic E-state index is 4.76. The number of hydrogen-bond acceptors (Lipinski definition) is 3. The number of hydrogen-bond donors (Lipinski definition) is 0. The lowest BCUT2D eigenvalue weighted by Gasteiger charge is -2.09. The van der Waals surface area contributed by atoms with E-state index in [1.165, 1.54) is 0 Å². The van der Waals surface area contributed by atoms with Crippen molar-refractivity contribution >= 4 is 16.7 Å². The van der Waals surface area contributed by atoms with Gasteiger partial charge in [0.05, 0.1) is 0 Å². The summed E-state index contributed by atoms with van der Waals surface area (Å²) >= 11 is 0. The molecule has 0 aromatic carbocycles. The van der Waals surface area contributed by atoms with Crippen molar-refractivity contribution < 1.29 is 0 Å². The first-order valence-corrected chi connectivity index (χ1v) is 9.53. The Morgan fingerprint density at radius 2 is 1.33 bits per heavy atom. The molecule has 142 valence electrons. The SMILES string of the molecule is C=C/C=C\C(=C/C)c1nc(C(/C=C\C)=C/C)nc(C(/C=C\CC)=C/CC)n1. The first-order chi connectivity index (χ1) is 13.1. The minimum atomic E-state index is 0.659. The highest BCUT2D eigenvalue weighted by atomic mass is 15.0. The smallest absolute Gasteiger partial charge is 0.163 e. The average Bonchev–Trinajstić information content (AvgIpc) is 2.69. The molecule has 0 aliphatic heterocycles. The molecule has 0 N–H and O–H groups in total. The van der Waals surface area contributed by atoms with Crippen LogP contribution in [0.15, 0.2) is 67.3 Å². The highest BCUT2D eigenvalue weighted by Crippen LogP contribution is 2.21. The summed E-state index contributed by atoms with van der Waals surface area (Å²) in [6.07, 6.45) is 21.9. The predicted molar refractivity (Wildman–Crippen MR) is 119 cm³/mol. The summed E-state index contributed by atoms with van der Waals surface area (Å²) in [6.45, 7) is 13.9. The maximum atomic E-state index is 4.76. The second-order valence-electron chi connectivity index (χ2n) is 5.77. The van der Waals surface area contributed by atoms with Crippen LogP contribution in [-0.2, 0) is 0 Å². The summed E-state index contributed by atoms with van der Waals surface area (Å²) in [5.41, 5.74) is 2.93. The lowest BCUT2D eigenvalue weighted by Crippen LogP contribution is -2.06. The van der Waals surface area contributed by atoms with E-state index < -0.39 is 0 Å². The van der Waals surface area contributed by atoms with E-state index in [2.05, 4.69) is 38.7 Å². The topological polar surface area (TPSA) is 38.7 Å². The molecule has 1 heterocycles. The molecular weight excluding hydrogens is 330 g/mol. The van der Waals surface area contributed by atoms with Gasteiger partial charge in [0, 0.05) is 16.7 Å². The van der Waals surface area contributed by atoms with E-state index in [1.54, 1.807) is 6.08 Å². The van der Waals surface area contributed by atoms with Crippen LogP contribution in [0.3, 0.4) is 0 Å². The molecule has 1 rings (SSSR count). The standard InChI is InChI=1S/C24H31N3/c1-7-13-17-20(12-6)23-25-22(19(11-5)15-9-3)26-24(27-23)21(16-10-4)18-14-8-2/h7,9,11-18H,1,8,10H2,2-6H3/b15-9-,17-13-,18-14-,19-11+,20-12+,21-16+. The zero-order valence-electron chi connectivity index (χ0n) is 17.2. The molecule has 0 amide bonds. The van der Waals surface area contributed by atoms with Crippen LogP contribution in [0.25, 0.3) is 16.7 Å². The molecule has 0 aliphatic carbocycles. The Morgan fingerprint density at radius 1 is 0.778 bits per heavy atom. The third-order valence-electron chi connectivity index (χ3n) is 3.75. The van der Waals surface area contributed by atoms with Crippen LogP contribution in [0, 0.1) is 0 Å². The number of aromatic nitrogens is 3. The maximum Gasteiger partial charge on any atom is 0.163 e. The number of rotatable bonds is 9. The van der Waals surface area contributed by atoms with E-state index in [1.807, 2.05) is 57.2 Å². The van der Waals surface area contributed by atoms with Gasteiger partial charge in [0.1, 0.15) is 0 Å². The molecular formula is C24H31N3. The quantitative estimate of drug-likeness (QED) is 0.456. The Balaban J connectivity index is 3.70. The van der Waals surface area contributed by atoms with Crippen molar-refractivity contribution in [3.05, 3.63) is 84.8 Å². The van der Waals surface area contributed by atoms with Crippen LogP contribution in [0.1, 0.15) is 64.9 Å². The summed E-state index contributed by atoms with van der Waals surface area (Å²) in [6, 6.07) is 0. The number of allylic oxidation sites excluding steroid dienone is 13. The molecule has 0 bridgehead atoms. The molecule has 0 spiro atoms. The second kappa shape index (κ2) is 12.5. The normalized spacial score (nSPS) is 14.0. The largest absolute Gasteiger partial charge is 0.208 e. The van der Waals surface area contributed by atoms with Crippen LogP contribution in [0.5, 0.6) is 0 Å². The lowest BCUT2D eigenvalue weighted by atomic mass is 10.1. The highest BCUT2D eigenvalue weighted by molar-refractivity contribution is 5.76. The van der Waals surface area contributed by atoms with Gasteiger partial charge < -0.3 is 0 Å². The van der Waals surface area contributed by atoms with E-state index in [0.29, 0.717) is 17.5 Å². The number of nitrogens with zero attached hydrogens (tertiary/aromatic N) is 3. The first-order valence-electron chi connectivity index (χ1n) is 9.53. The van der Waals surface area contributed by atoms with Crippen LogP contribution < -0.4 is 0 Å². The third-order valence-corrected chi connectivity index (χ3v) is 3.75. The van der Waals surface area contributed by atoms with Crippen LogP contribution in [-0.4, -0.2) is 15.0 Å². The Hall–Kier alpha value is -2.81. The molecule has 1 aromatic heterocycles. The van der Waals surface area contributed by atoms with Gasteiger partial charge in [0.2, 0.25) is 0 Å². The van der Waals surface area contributed by atoms with Crippen molar-refractivity contribution in [3.63, 3.8) is 0 Å². The van der Waals surface area contributed by atoms with Gasteiger partial charge in [-0.05, 0) is 33.6 Å². The molecule has 0 unspecified atom stereocenters. The van der Waals surface area contributed by atoms with Crippen molar-refractivity contribution in [3.8, 4) is 0 Å². The fourth-order valence-corrected chi connectivity index (χ4v) is 2.41. The monoisotopic (exact) mass is 361 g/mol. The van der Waals surface area contributed by atoms with Gasteiger partial charge in [-0.3, -0.25) is 0 Å². The minimum absolute atomic E-state index is 0.659. The molecule has 0 fully saturated rings. The van der Waals surface area contributed by atoms with Gasteiger partial charge in [0.25, 0.3) is 0 Å². The van der Waals surface area contributed by atoms with E-state index in [-0.39, 0.29) is 0 Å². The molecule has 0 saturated carbocycles. The third kappa shape index (κ3) is 6.78. The molecule has 0 atom stereocenters. The van der Waals surface area contributed by atoms with Gasteiger partial charge in [-0.25, -0.2) is 15.0 Å². The van der Waals surface area contributed by atoms with Gasteiger partial charge in [-0.15, -0.1) is 0 Å². The second-order valence-corrected chi connectivity index (χ2v) is 5.77. The predicted octanol–water partition coefficient (Wildman–Crippen LogP) is 6.76. The Morgan fingerprint density at radius 3 is 1.78 bits per heavy atom. The Labute approximate surface area is 164 Å². The molecule has 3 heteroatoms. The lowest BCUT2D eigenvalue weighted by molar-refractivity contribution is 0.968. The van der Waals surface area contributed by atoms with Crippen LogP contribution in [0.2, 0.25) is 0 Å². The zero-order chi connectivity index (χ0) is 20.1. The Bertz CT molecular complexity index is 803. The minimum Gasteiger partial charge on any atom is -0.208 e. The summed E-state index contributed by atoms with van der Waals surface area (Å²) in [7, 11) is 0. The fraction of sp³-hybridized carbons (Fsp3) is 0.292. The van der Waals surface area contributed by atoms with E-state index in [4.69, 9.17) is 15.0 Å². The van der Waals surface area contributed by atoms with Crippen molar-refractivity contribution in [2.45, 2.75) is 47.5 Å². The molecule has 27 heavy (non-hydrogen) atoms. The van der Waals surface area contributed by atoms with Gasteiger partial charge in [-0.2, -0.15) is 0 Å². The zero-order valence-corrected chi connectivity index (χ0v) is 17.2. The molecule has 0 radical (unpaired) electrons. The van der Waals surface area contributed by atoms with Gasteiger partial charge in [0.15, 0.2) is 17.5 Å². The average molecular weight is 362 g/mol. The first kappa shape index (κ1) is 22.2. The van der Waals surface area contributed by atoms with Crippen LogP contribution in [0.4, 0.5) is 0 Å². The summed E-state index contributed by atoms with van der Waals surface area (Å²) in [5, 5.41) is 0. The highest BCUT2D eigenvalue weighted by Gasteiger charge is 2.12. The van der Waals surface area contributed by atoms with E-state index in [9.17, 15) is 0 Å². The van der Waals surface area contributed by atoms with Crippen molar-refractivity contribution in [1.82, 2.24) is 15.0 Å². The fourth-order valence-electron chi connectivity index (χ4n) is 2.41. The van der Waals surface area contributed by atoms with Gasteiger partial charge >= 0.3 is 0 Å². The van der Waals surface area contributed by atoms with E-state index >= 15 is 0 Å².